The molecule has 0 heterocycles. The highest BCUT2D eigenvalue weighted by molar-refractivity contribution is 6.22. The van der Waals surface area contributed by atoms with Gasteiger partial charge in [0.25, 0.3) is 0 Å². The second-order valence-corrected chi connectivity index (χ2v) is 4.07. The Bertz CT molecular complexity index is 404. The zero-order chi connectivity index (χ0) is 12.8. The van der Waals surface area contributed by atoms with E-state index in [0.29, 0.717) is 5.56 Å². The molecule has 6 heteroatoms. The molecular formula is C11H14ClN3O2. The highest BCUT2D eigenvalue weighted by Gasteiger charge is 2.27. The fourth-order valence-electron chi connectivity index (χ4n) is 1.46. The Morgan fingerprint density at radius 1 is 1.35 bits per heavy atom. The number of carbonyl (C=O) groups is 1. The lowest BCUT2D eigenvalue weighted by Crippen LogP contribution is -2.28. The monoisotopic (exact) mass is 255 g/mol. The molecule has 2 atom stereocenters. The number of nitrogens with two attached hydrogens (primary N) is 2. The zero-order valence-electron chi connectivity index (χ0n) is 9.08. The lowest BCUT2D eigenvalue weighted by atomic mass is 9.95. The molecule has 2 unspecified atom stereocenters. The van der Waals surface area contributed by atoms with E-state index in [1.165, 1.54) is 0 Å². The molecule has 0 fully saturated rings. The Morgan fingerprint density at radius 2 is 1.94 bits per heavy atom. The smallest absolute Gasteiger partial charge is 0.312 e. The number of hydrogen-bond donors (Lipinski definition) is 3. The maximum absolute atomic E-state index is 11.2. The van der Waals surface area contributed by atoms with Gasteiger partial charge in [0.15, 0.2) is 5.96 Å². The molecule has 0 saturated carbocycles. The minimum atomic E-state index is -0.998. The van der Waals surface area contributed by atoms with Gasteiger partial charge < -0.3 is 16.6 Å². The first-order chi connectivity index (χ1) is 8.02. The fraction of sp³-hybridized carbons (Fsp3) is 0.273. The standard InChI is InChI=1S/C11H14ClN3O2/c12-8(6-15-11(13)14)9(10(16)17)7-4-2-1-3-5-7/h1-5,8-9H,6H2,(H,16,17)(H4,13,14,15). The minimum absolute atomic E-state index is 0.0652. The normalized spacial score (nSPS) is 13.7. The Balaban J connectivity index is 2.87. The molecule has 0 amide bonds. The Morgan fingerprint density at radius 3 is 2.41 bits per heavy atom. The number of rotatable bonds is 5. The summed E-state index contributed by atoms with van der Waals surface area (Å²) in [5, 5.41) is 8.47. The van der Waals surface area contributed by atoms with Crippen molar-refractivity contribution in [1.82, 2.24) is 0 Å². The maximum Gasteiger partial charge on any atom is 0.312 e. The Labute approximate surface area is 104 Å². The molecule has 0 radical (unpaired) electrons. The molecule has 0 aliphatic rings. The molecule has 0 saturated heterocycles. The molecule has 1 aromatic carbocycles. The molecule has 0 bridgehead atoms. The van der Waals surface area contributed by atoms with Crippen molar-refractivity contribution < 1.29 is 9.90 Å². The number of alkyl halides is 1. The quantitative estimate of drug-likeness (QED) is 0.410. The van der Waals surface area contributed by atoms with Gasteiger partial charge in [-0.1, -0.05) is 30.3 Å². The van der Waals surface area contributed by atoms with Crippen molar-refractivity contribution in [2.24, 2.45) is 16.5 Å². The van der Waals surface area contributed by atoms with Crippen LogP contribution in [0.1, 0.15) is 11.5 Å². The second-order valence-electron chi connectivity index (χ2n) is 3.51. The summed E-state index contributed by atoms with van der Waals surface area (Å²) in [5.41, 5.74) is 11.0. The van der Waals surface area contributed by atoms with Crippen molar-refractivity contribution in [3.05, 3.63) is 35.9 Å². The number of guanidine groups is 1. The van der Waals surface area contributed by atoms with E-state index in [2.05, 4.69) is 4.99 Å². The molecule has 1 rings (SSSR count). The van der Waals surface area contributed by atoms with Crippen molar-refractivity contribution in [1.29, 1.82) is 0 Å². The largest absolute Gasteiger partial charge is 0.481 e. The van der Waals surface area contributed by atoms with Crippen molar-refractivity contribution in [2.45, 2.75) is 11.3 Å². The Kier molecular flexibility index (Phi) is 4.78. The number of aliphatic carboxylic acids is 1. The molecule has 0 aliphatic carbocycles. The first kappa shape index (κ1) is 13.3. The minimum Gasteiger partial charge on any atom is -0.481 e. The van der Waals surface area contributed by atoms with Gasteiger partial charge in [-0.15, -0.1) is 11.6 Å². The third-order valence-corrected chi connectivity index (χ3v) is 2.62. The van der Waals surface area contributed by atoms with Crippen LogP contribution < -0.4 is 11.5 Å². The predicted octanol–water partition coefficient (Wildman–Crippen LogP) is 0.736. The van der Waals surface area contributed by atoms with Crippen molar-refractivity contribution in [3.63, 3.8) is 0 Å². The average Bonchev–Trinajstić information content (AvgIpc) is 2.27. The van der Waals surface area contributed by atoms with Crippen LogP contribution in [0.4, 0.5) is 0 Å². The summed E-state index contributed by atoms with van der Waals surface area (Å²) < 4.78 is 0. The summed E-state index contributed by atoms with van der Waals surface area (Å²) in [6.45, 7) is 0.0652. The Hall–Kier alpha value is -1.75. The molecule has 0 aliphatic heterocycles. The molecule has 5 N–H and O–H groups in total. The summed E-state index contributed by atoms with van der Waals surface area (Å²) in [5.74, 6) is -1.93. The van der Waals surface area contributed by atoms with Crippen LogP contribution in [0.25, 0.3) is 0 Å². The van der Waals surface area contributed by atoms with Crippen molar-refractivity contribution in [3.8, 4) is 0 Å². The first-order valence-corrected chi connectivity index (χ1v) is 5.43. The highest BCUT2D eigenvalue weighted by atomic mass is 35.5. The van der Waals surface area contributed by atoms with Crippen molar-refractivity contribution in [2.75, 3.05) is 6.54 Å². The number of carboxylic acids is 1. The van der Waals surface area contributed by atoms with Crippen LogP contribution in [-0.2, 0) is 4.79 Å². The molecule has 5 nitrogen and oxygen atoms in total. The van der Waals surface area contributed by atoms with Crippen LogP contribution >= 0.6 is 11.6 Å². The van der Waals surface area contributed by atoms with Crippen LogP contribution in [0.15, 0.2) is 35.3 Å². The summed E-state index contributed by atoms with van der Waals surface area (Å²) in [6.07, 6.45) is 0. The summed E-state index contributed by atoms with van der Waals surface area (Å²) in [6, 6.07) is 8.75. The van der Waals surface area contributed by atoms with Gasteiger partial charge in [0.05, 0.1) is 17.8 Å². The number of carboxylic acid groups (broad SMARTS) is 1. The van der Waals surface area contributed by atoms with Crippen LogP contribution in [0.3, 0.4) is 0 Å². The van der Waals surface area contributed by atoms with Gasteiger partial charge in [-0.3, -0.25) is 9.79 Å². The lowest BCUT2D eigenvalue weighted by molar-refractivity contribution is -0.138. The molecule has 0 spiro atoms. The molecule has 0 aromatic heterocycles. The molecule has 17 heavy (non-hydrogen) atoms. The fourth-order valence-corrected chi connectivity index (χ4v) is 1.79. The second kappa shape index (κ2) is 6.10. The van der Waals surface area contributed by atoms with Gasteiger partial charge in [0, 0.05) is 0 Å². The van der Waals surface area contributed by atoms with Gasteiger partial charge in [0.2, 0.25) is 0 Å². The number of aliphatic imine (C=N–C) groups is 1. The first-order valence-electron chi connectivity index (χ1n) is 4.99. The maximum atomic E-state index is 11.2. The molecule has 92 valence electrons. The molecular weight excluding hydrogens is 242 g/mol. The predicted molar refractivity (Wildman–Crippen MR) is 67.1 cm³/mol. The third-order valence-electron chi connectivity index (χ3n) is 2.23. The van der Waals surface area contributed by atoms with Crippen molar-refractivity contribution >= 4 is 23.5 Å². The zero-order valence-corrected chi connectivity index (χ0v) is 9.84. The van der Waals surface area contributed by atoms with Crippen LogP contribution in [0.5, 0.6) is 0 Å². The molecule has 1 aromatic rings. The van der Waals surface area contributed by atoms with Gasteiger partial charge >= 0.3 is 5.97 Å². The average molecular weight is 256 g/mol. The third kappa shape index (κ3) is 3.96. The van der Waals surface area contributed by atoms with Gasteiger partial charge in [-0.05, 0) is 5.56 Å². The van der Waals surface area contributed by atoms with E-state index in [4.69, 9.17) is 28.2 Å². The van der Waals surface area contributed by atoms with Crippen LogP contribution in [-0.4, -0.2) is 29.0 Å². The van der Waals surface area contributed by atoms with E-state index < -0.39 is 17.3 Å². The van der Waals surface area contributed by atoms with E-state index in [9.17, 15) is 4.79 Å². The number of hydrogen-bond acceptors (Lipinski definition) is 2. The lowest BCUT2D eigenvalue weighted by Gasteiger charge is -2.17. The van der Waals surface area contributed by atoms with Crippen LogP contribution in [0, 0.1) is 0 Å². The van der Waals surface area contributed by atoms with Gasteiger partial charge in [0.1, 0.15) is 0 Å². The van der Waals surface area contributed by atoms with Gasteiger partial charge in [-0.2, -0.15) is 0 Å². The summed E-state index contributed by atoms with van der Waals surface area (Å²) in [4.78, 5) is 14.9. The summed E-state index contributed by atoms with van der Waals surface area (Å²) in [7, 11) is 0. The van der Waals surface area contributed by atoms with E-state index in [-0.39, 0.29) is 12.5 Å². The van der Waals surface area contributed by atoms with Gasteiger partial charge in [-0.25, -0.2) is 0 Å². The SMILES string of the molecule is NC(N)=NCC(Cl)C(C(=O)O)c1ccccc1. The number of benzene rings is 1. The van der Waals surface area contributed by atoms with E-state index in [1.54, 1.807) is 24.3 Å². The van der Waals surface area contributed by atoms with E-state index in [1.807, 2.05) is 6.07 Å². The topological polar surface area (TPSA) is 102 Å². The summed E-state index contributed by atoms with van der Waals surface area (Å²) >= 11 is 6.02. The van der Waals surface area contributed by atoms with Crippen LogP contribution in [0.2, 0.25) is 0 Å². The number of nitrogens with zero attached hydrogens (tertiary/aromatic N) is 1. The number of halogens is 1. The van der Waals surface area contributed by atoms with E-state index >= 15 is 0 Å². The van der Waals surface area contributed by atoms with E-state index in [0.717, 1.165) is 0 Å². The highest BCUT2D eigenvalue weighted by Crippen LogP contribution is 2.24.